The summed E-state index contributed by atoms with van der Waals surface area (Å²) < 4.78 is 17.0. The third kappa shape index (κ3) is 63.2. The van der Waals surface area contributed by atoms with Crippen molar-refractivity contribution in [1.29, 1.82) is 0 Å². The molecule has 0 aromatic heterocycles. The normalized spacial score (nSPS) is 11.9. The standard InChI is InChI=1S/C70H136O6/c1-4-7-10-13-16-19-22-25-27-29-31-33-34-35-37-38-40-42-45-48-51-54-57-60-63-69(72)75-66-67(65-74-68(71)62-59-56-53-50-47-44-24-21-18-15-12-9-6-3)76-70(73)64-61-58-55-52-49-46-43-41-39-36-32-30-28-26-23-20-17-14-11-8-5-2/h67H,4-66H2,1-3H3. The number of unbranched alkanes of at least 4 members (excludes halogenated alkanes) is 55. The van der Waals surface area contributed by atoms with E-state index in [4.69, 9.17) is 14.2 Å². The zero-order valence-corrected chi connectivity index (χ0v) is 52.1. The third-order valence-electron chi connectivity index (χ3n) is 16.4. The molecule has 0 spiro atoms. The van der Waals surface area contributed by atoms with E-state index in [2.05, 4.69) is 20.8 Å². The molecular weight excluding hydrogens is 937 g/mol. The topological polar surface area (TPSA) is 78.9 Å². The maximum absolute atomic E-state index is 12.9. The van der Waals surface area contributed by atoms with Crippen molar-refractivity contribution in [1.82, 2.24) is 0 Å². The second kappa shape index (κ2) is 65.9. The van der Waals surface area contributed by atoms with Crippen molar-refractivity contribution in [3.8, 4) is 0 Å². The van der Waals surface area contributed by atoms with Gasteiger partial charge in [-0.3, -0.25) is 14.4 Å². The number of ether oxygens (including phenoxy) is 3. The van der Waals surface area contributed by atoms with Crippen LogP contribution in [-0.2, 0) is 28.6 Å². The first-order valence-electron chi connectivity index (χ1n) is 35.0. The minimum atomic E-state index is -0.763. The molecule has 0 radical (unpaired) electrons. The zero-order chi connectivity index (χ0) is 55.0. The molecule has 1 unspecified atom stereocenters. The summed E-state index contributed by atoms with van der Waals surface area (Å²) in [6.07, 6.45) is 77.0. The Morgan fingerprint density at radius 2 is 0.355 bits per heavy atom. The molecule has 0 aromatic carbocycles. The summed E-state index contributed by atoms with van der Waals surface area (Å²) in [7, 11) is 0. The predicted molar refractivity (Wildman–Crippen MR) is 330 cm³/mol. The average molecular weight is 1070 g/mol. The van der Waals surface area contributed by atoms with Crippen LogP contribution in [0.1, 0.15) is 412 Å². The molecular formula is C70H136O6. The molecule has 0 aromatic rings. The summed E-state index contributed by atoms with van der Waals surface area (Å²) in [6, 6.07) is 0. The highest BCUT2D eigenvalue weighted by atomic mass is 16.6. The van der Waals surface area contributed by atoms with Crippen LogP contribution in [0, 0.1) is 0 Å². The van der Waals surface area contributed by atoms with Crippen molar-refractivity contribution in [2.75, 3.05) is 13.2 Å². The second-order valence-corrected chi connectivity index (χ2v) is 24.2. The molecule has 0 aliphatic carbocycles. The Morgan fingerprint density at radius 1 is 0.211 bits per heavy atom. The highest BCUT2D eigenvalue weighted by Gasteiger charge is 2.19. The van der Waals surface area contributed by atoms with E-state index in [1.165, 1.54) is 315 Å². The Hall–Kier alpha value is -1.59. The van der Waals surface area contributed by atoms with Crippen LogP contribution in [-0.4, -0.2) is 37.2 Å². The van der Waals surface area contributed by atoms with Gasteiger partial charge in [0.15, 0.2) is 6.10 Å². The first-order chi connectivity index (χ1) is 37.5. The van der Waals surface area contributed by atoms with Gasteiger partial charge in [-0.25, -0.2) is 0 Å². The van der Waals surface area contributed by atoms with E-state index in [0.717, 1.165) is 57.8 Å². The molecule has 0 N–H and O–H groups in total. The maximum Gasteiger partial charge on any atom is 0.306 e. The van der Waals surface area contributed by atoms with Crippen LogP contribution in [0.25, 0.3) is 0 Å². The van der Waals surface area contributed by atoms with Crippen LogP contribution in [0.4, 0.5) is 0 Å². The lowest BCUT2D eigenvalue weighted by Gasteiger charge is -2.18. The fourth-order valence-electron chi connectivity index (χ4n) is 11.1. The molecule has 0 aliphatic heterocycles. The Labute approximate surface area is 476 Å². The van der Waals surface area contributed by atoms with Crippen LogP contribution in [0.2, 0.25) is 0 Å². The van der Waals surface area contributed by atoms with Gasteiger partial charge in [0, 0.05) is 19.3 Å². The molecule has 76 heavy (non-hydrogen) atoms. The molecule has 452 valence electrons. The van der Waals surface area contributed by atoms with Gasteiger partial charge in [0.05, 0.1) is 0 Å². The first-order valence-corrected chi connectivity index (χ1v) is 35.0. The number of hydrogen-bond acceptors (Lipinski definition) is 6. The summed E-state index contributed by atoms with van der Waals surface area (Å²) >= 11 is 0. The van der Waals surface area contributed by atoms with E-state index in [9.17, 15) is 14.4 Å². The minimum absolute atomic E-state index is 0.0602. The summed E-state index contributed by atoms with van der Waals surface area (Å²) in [5, 5.41) is 0. The Kier molecular flexibility index (Phi) is 64.5. The summed E-state index contributed by atoms with van der Waals surface area (Å²) in [5.41, 5.74) is 0. The Bertz CT molecular complexity index is 1140. The predicted octanol–water partition coefficient (Wildman–Crippen LogP) is 23.8. The van der Waals surface area contributed by atoms with E-state index in [1.807, 2.05) is 0 Å². The summed E-state index contributed by atoms with van der Waals surface area (Å²) in [6.45, 7) is 6.74. The Balaban J connectivity index is 4.19. The number of esters is 3. The lowest BCUT2D eigenvalue weighted by molar-refractivity contribution is -0.167. The molecule has 0 amide bonds. The monoisotopic (exact) mass is 1070 g/mol. The van der Waals surface area contributed by atoms with E-state index >= 15 is 0 Å². The lowest BCUT2D eigenvalue weighted by Crippen LogP contribution is -2.30. The van der Waals surface area contributed by atoms with Gasteiger partial charge in [-0.05, 0) is 19.3 Å². The van der Waals surface area contributed by atoms with Crippen molar-refractivity contribution in [2.45, 2.75) is 419 Å². The van der Waals surface area contributed by atoms with Crippen LogP contribution in [0.15, 0.2) is 0 Å². The molecule has 6 nitrogen and oxygen atoms in total. The number of rotatable bonds is 66. The van der Waals surface area contributed by atoms with Gasteiger partial charge in [-0.1, -0.05) is 374 Å². The number of carbonyl (C=O) groups is 3. The molecule has 0 rings (SSSR count). The van der Waals surface area contributed by atoms with E-state index in [-0.39, 0.29) is 31.1 Å². The van der Waals surface area contributed by atoms with Gasteiger partial charge in [-0.2, -0.15) is 0 Å². The quantitative estimate of drug-likeness (QED) is 0.0343. The van der Waals surface area contributed by atoms with Crippen molar-refractivity contribution in [2.24, 2.45) is 0 Å². The SMILES string of the molecule is CCCCCCCCCCCCCCCCCCCCCCCCCCC(=O)OCC(COC(=O)CCCCCCCCCCCCCCC)OC(=O)CCCCCCCCCCCCCCCCCCCCCCC. The van der Waals surface area contributed by atoms with Crippen molar-refractivity contribution in [3.05, 3.63) is 0 Å². The molecule has 6 heteroatoms. The minimum Gasteiger partial charge on any atom is -0.462 e. The average Bonchev–Trinajstić information content (AvgIpc) is 3.42. The van der Waals surface area contributed by atoms with Crippen LogP contribution in [0.3, 0.4) is 0 Å². The van der Waals surface area contributed by atoms with Gasteiger partial charge in [-0.15, -0.1) is 0 Å². The second-order valence-electron chi connectivity index (χ2n) is 24.2. The summed E-state index contributed by atoms with van der Waals surface area (Å²) in [4.78, 5) is 38.4. The summed E-state index contributed by atoms with van der Waals surface area (Å²) in [5.74, 6) is -0.820. The van der Waals surface area contributed by atoms with Crippen LogP contribution >= 0.6 is 0 Å². The molecule has 1 atom stereocenters. The highest BCUT2D eigenvalue weighted by molar-refractivity contribution is 5.71. The van der Waals surface area contributed by atoms with Crippen LogP contribution < -0.4 is 0 Å². The number of carbonyl (C=O) groups excluding carboxylic acids is 3. The molecule has 0 heterocycles. The molecule has 0 saturated heterocycles. The van der Waals surface area contributed by atoms with E-state index in [0.29, 0.717) is 19.3 Å². The largest absolute Gasteiger partial charge is 0.462 e. The van der Waals surface area contributed by atoms with Crippen molar-refractivity contribution in [3.63, 3.8) is 0 Å². The molecule has 0 bridgehead atoms. The van der Waals surface area contributed by atoms with Gasteiger partial charge >= 0.3 is 17.9 Å². The van der Waals surface area contributed by atoms with Crippen molar-refractivity contribution < 1.29 is 28.6 Å². The zero-order valence-electron chi connectivity index (χ0n) is 52.1. The van der Waals surface area contributed by atoms with E-state index < -0.39 is 6.10 Å². The fourth-order valence-corrected chi connectivity index (χ4v) is 11.1. The maximum atomic E-state index is 12.9. The molecule has 0 fully saturated rings. The van der Waals surface area contributed by atoms with Crippen molar-refractivity contribution >= 4 is 17.9 Å². The molecule has 0 aliphatic rings. The molecule has 0 saturated carbocycles. The van der Waals surface area contributed by atoms with Gasteiger partial charge in [0.2, 0.25) is 0 Å². The third-order valence-corrected chi connectivity index (χ3v) is 16.4. The van der Waals surface area contributed by atoms with Gasteiger partial charge in [0.25, 0.3) is 0 Å². The lowest BCUT2D eigenvalue weighted by atomic mass is 10.0. The van der Waals surface area contributed by atoms with Crippen LogP contribution in [0.5, 0.6) is 0 Å². The first kappa shape index (κ1) is 74.4. The van der Waals surface area contributed by atoms with Gasteiger partial charge < -0.3 is 14.2 Å². The van der Waals surface area contributed by atoms with E-state index in [1.54, 1.807) is 0 Å². The smallest absolute Gasteiger partial charge is 0.306 e. The highest BCUT2D eigenvalue weighted by Crippen LogP contribution is 2.19. The fraction of sp³-hybridized carbons (Fsp3) is 0.957. The number of hydrogen-bond donors (Lipinski definition) is 0. The van der Waals surface area contributed by atoms with Gasteiger partial charge in [0.1, 0.15) is 13.2 Å². The Morgan fingerprint density at radius 3 is 0.526 bits per heavy atom.